The van der Waals surface area contributed by atoms with Gasteiger partial charge in [-0.3, -0.25) is 5.32 Å². The van der Waals surface area contributed by atoms with Gasteiger partial charge in [-0.15, -0.1) is 0 Å². The number of hydrogen-bond donors (Lipinski definition) is 2. The predicted octanol–water partition coefficient (Wildman–Crippen LogP) is -0.0492. The van der Waals surface area contributed by atoms with Crippen molar-refractivity contribution in [1.82, 2.24) is 5.32 Å². The lowest BCUT2D eigenvalue weighted by atomic mass is 10.2. The number of rotatable bonds is 5. The molecular formula is C6H15NO2. The van der Waals surface area contributed by atoms with Crippen molar-refractivity contribution in [1.29, 1.82) is 0 Å². The first-order chi connectivity index (χ1) is 4.35. The number of methoxy groups -OCH3 is 1. The maximum atomic E-state index is 8.43. The van der Waals surface area contributed by atoms with Gasteiger partial charge in [-0.05, 0) is 6.42 Å². The lowest BCUT2D eigenvalue weighted by Crippen LogP contribution is -2.32. The van der Waals surface area contributed by atoms with Gasteiger partial charge in [-0.2, -0.15) is 0 Å². The summed E-state index contributed by atoms with van der Waals surface area (Å²) in [4.78, 5) is 0. The molecule has 0 aliphatic rings. The highest BCUT2D eigenvalue weighted by Crippen LogP contribution is 1.88. The summed E-state index contributed by atoms with van der Waals surface area (Å²) in [7, 11) is 1.65. The van der Waals surface area contributed by atoms with Crippen LogP contribution in [0.4, 0.5) is 0 Å². The zero-order valence-corrected chi connectivity index (χ0v) is 6.05. The van der Waals surface area contributed by atoms with Crippen LogP contribution in [0.2, 0.25) is 0 Å². The molecule has 0 aromatic heterocycles. The fraction of sp³-hybridized carbons (Fsp3) is 1.00. The Hall–Kier alpha value is -0.120. The summed E-state index contributed by atoms with van der Waals surface area (Å²) in [5.41, 5.74) is 0. The van der Waals surface area contributed by atoms with Crippen molar-refractivity contribution in [3.8, 4) is 0 Å². The molecule has 0 radical (unpaired) electrons. The molecule has 0 rings (SSSR count). The molecule has 9 heavy (non-hydrogen) atoms. The Kier molecular flexibility index (Phi) is 5.93. The van der Waals surface area contributed by atoms with Crippen LogP contribution in [0, 0.1) is 0 Å². The SMILES string of the molecule is CCC(COC)NCO. The highest BCUT2D eigenvalue weighted by atomic mass is 16.5. The lowest BCUT2D eigenvalue weighted by molar-refractivity contribution is 0.142. The highest BCUT2D eigenvalue weighted by Gasteiger charge is 2.01. The average molecular weight is 133 g/mol. The van der Waals surface area contributed by atoms with E-state index >= 15 is 0 Å². The fourth-order valence-corrected chi connectivity index (χ4v) is 0.651. The van der Waals surface area contributed by atoms with E-state index in [9.17, 15) is 0 Å². The van der Waals surface area contributed by atoms with Crippen molar-refractivity contribution >= 4 is 0 Å². The molecule has 2 N–H and O–H groups in total. The lowest BCUT2D eigenvalue weighted by Gasteiger charge is -2.12. The molecule has 0 fully saturated rings. The largest absolute Gasteiger partial charge is 0.383 e. The van der Waals surface area contributed by atoms with Crippen molar-refractivity contribution < 1.29 is 9.84 Å². The fourth-order valence-electron chi connectivity index (χ4n) is 0.651. The smallest absolute Gasteiger partial charge is 0.0934 e. The number of aliphatic hydroxyl groups excluding tert-OH is 1. The minimum Gasteiger partial charge on any atom is -0.383 e. The van der Waals surface area contributed by atoms with Crippen LogP contribution < -0.4 is 5.32 Å². The van der Waals surface area contributed by atoms with Gasteiger partial charge in [-0.25, -0.2) is 0 Å². The predicted molar refractivity (Wildman–Crippen MR) is 36.2 cm³/mol. The van der Waals surface area contributed by atoms with E-state index in [1.165, 1.54) is 0 Å². The Morgan fingerprint density at radius 2 is 2.33 bits per heavy atom. The number of aliphatic hydroxyl groups is 1. The minimum atomic E-state index is 0.0296. The second-order valence-electron chi connectivity index (χ2n) is 1.92. The molecule has 3 nitrogen and oxygen atoms in total. The summed E-state index contributed by atoms with van der Waals surface area (Å²) in [6, 6.07) is 0.292. The number of nitrogens with one attached hydrogen (secondary N) is 1. The Morgan fingerprint density at radius 3 is 2.67 bits per heavy atom. The van der Waals surface area contributed by atoms with E-state index in [2.05, 4.69) is 5.32 Å². The molecule has 0 aliphatic carbocycles. The standard InChI is InChI=1S/C6H15NO2/c1-3-6(4-9-2)7-5-8/h6-8H,3-5H2,1-2H3. The maximum absolute atomic E-state index is 8.43. The van der Waals surface area contributed by atoms with Gasteiger partial charge >= 0.3 is 0 Å². The van der Waals surface area contributed by atoms with Gasteiger partial charge in [-0.1, -0.05) is 6.92 Å². The maximum Gasteiger partial charge on any atom is 0.0934 e. The van der Waals surface area contributed by atoms with E-state index in [0.717, 1.165) is 6.42 Å². The molecule has 3 heteroatoms. The van der Waals surface area contributed by atoms with E-state index in [0.29, 0.717) is 12.6 Å². The van der Waals surface area contributed by atoms with Crippen LogP contribution in [0.5, 0.6) is 0 Å². The summed E-state index contributed by atoms with van der Waals surface area (Å²) in [6.45, 7) is 2.74. The van der Waals surface area contributed by atoms with Crippen LogP contribution in [0.3, 0.4) is 0 Å². The van der Waals surface area contributed by atoms with E-state index in [-0.39, 0.29) is 6.73 Å². The molecular weight excluding hydrogens is 118 g/mol. The summed E-state index contributed by atoms with van der Waals surface area (Å²) in [5, 5.41) is 11.3. The molecule has 0 aliphatic heterocycles. The van der Waals surface area contributed by atoms with Crippen molar-refractivity contribution in [2.75, 3.05) is 20.4 Å². The summed E-state index contributed by atoms with van der Waals surface area (Å²) in [5.74, 6) is 0. The van der Waals surface area contributed by atoms with Crippen molar-refractivity contribution in [3.63, 3.8) is 0 Å². The molecule has 56 valence electrons. The summed E-state index contributed by atoms with van der Waals surface area (Å²) >= 11 is 0. The molecule has 0 saturated heterocycles. The normalized spacial score (nSPS) is 13.7. The zero-order valence-electron chi connectivity index (χ0n) is 6.05. The van der Waals surface area contributed by atoms with E-state index in [4.69, 9.17) is 9.84 Å². The molecule has 0 saturated carbocycles. The van der Waals surface area contributed by atoms with Crippen LogP contribution in [-0.2, 0) is 4.74 Å². The molecule has 1 unspecified atom stereocenters. The first-order valence-corrected chi connectivity index (χ1v) is 3.18. The number of ether oxygens (including phenoxy) is 1. The summed E-state index contributed by atoms with van der Waals surface area (Å²) in [6.07, 6.45) is 0.981. The van der Waals surface area contributed by atoms with E-state index in [1.807, 2.05) is 6.92 Å². The van der Waals surface area contributed by atoms with Gasteiger partial charge in [0.05, 0.1) is 13.3 Å². The third kappa shape index (κ3) is 4.39. The molecule has 0 heterocycles. The Labute approximate surface area is 56.0 Å². The minimum absolute atomic E-state index is 0.0296. The Morgan fingerprint density at radius 1 is 1.67 bits per heavy atom. The second-order valence-corrected chi connectivity index (χ2v) is 1.92. The Balaban J connectivity index is 3.18. The molecule has 0 aromatic rings. The van der Waals surface area contributed by atoms with Gasteiger partial charge < -0.3 is 9.84 Å². The summed E-state index contributed by atoms with van der Waals surface area (Å²) < 4.78 is 4.87. The molecule has 0 spiro atoms. The number of hydrogen-bond acceptors (Lipinski definition) is 3. The monoisotopic (exact) mass is 133 g/mol. The van der Waals surface area contributed by atoms with Crippen molar-refractivity contribution in [3.05, 3.63) is 0 Å². The van der Waals surface area contributed by atoms with Crippen LogP contribution in [0.1, 0.15) is 13.3 Å². The van der Waals surface area contributed by atoms with Gasteiger partial charge in [0.1, 0.15) is 0 Å². The topological polar surface area (TPSA) is 41.5 Å². The van der Waals surface area contributed by atoms with Gasteiger partial charge in [0.25, 0.3) is 0 Å². The van der Waals surface area contributed by atoms with Crippen LogP contribution in [0.25, 0.3) is 0 Å². The first kappa shape index (κ1) is 8.88. The molecule has 0 aromatic carbocycles. The quantitative estimate of drug-likeness (QED) is 0.517. The van der Waals surface area contributed by atoms with Crippen LogP contribution in [-0.4, -0.2) is 31.6 Å². The Bertz CT molecular complexity index is 53.0. The van der Waals surface area contributed by atoms with Crippen molar-refractivity contribution in [2.45, 2.75) is 19.4 Å². The van der Waals surface area contributed by atoms with Gasteiger partial charge in [0.2, 0.25) is 0 Å². The molecule has 0 amide bonds. The van der Waals surface area contributed by atoms with E-state index < -0.39 is 0 Å². The van der Waals surface area contributed by atoms with Crippen molar-refractivity contribution in [2.24, 2.45) is 0 Å². The molecule has 0 bridgehead atoms. The molecule has 1 atom stereocenters. The van der Waals surface area contributed by atoms with Crippen LogP contribution in [0.15, 0.2) is 0 Å². The third-order valence-electron chi connectivity index (χ3n) is 1.24. The third-order valence-corrected chi connectivity index (χ3v) is 1.24. The second kappa shape index (κ2) is 6.01. The zero-order chi connectivity index (χ0) is 7.11. The average Bonchev–Trinajstić information content (AvgIpc) is 1.88. The first-order valence-electron chi connectivity index (χ1n) is 3.18. The van der Waals surface area contributed by atoms with E-state index in [1.54, 1.807) is 7.11 Å². The van der Waals surface area contributed by atoms with Gasteiger partial charge in [0.15, 0.2) is 0 Å². The van der Waals surface area contributed by atoms with Crippen LogP contribution >= 0.6 is 0 Å². The van der Waals surface area contributed by atoms with Gasteiger partial charge in [0, 0.05) is 13.2 Å². The highest BCUT2D eigenvalue weighted by molar-refractivity contribution is 4.59.